The molecule has 7 heteroatoms. The fraction of sp³-hybridized carbons (Fsp3) is 0.333. The van der Waals surface area contributed by atoms with Crippen molar-refractivity contribution in [2.24, 2.45) is 0 Å². The van der Waals surface area contributed by atoms with Gasteiger partial charge in [0.05, 0.1) is 13.1 Å². The minimum absolute atomic E-state index is 0.450. The molecule has 2 heterocycles. The monoisotopic (exact) mass is 302 g/mol. The summed E-state index contributed by atoms with van der Waals surface area (Å²) in [5, 5.41) is 15.8. The second-order valence-corrected chi connectivity index (χ2v) is 4.93. The van der Waals surface area contributed by atoms with E-state index in [1.54, 1.807) is 11.3 Å². The number of hydrogen-bond donors (Lipinski definition) is 2. The van der Waals surface area contributed by atoms with Crippen LogP contribution >= 0.6 is 27.3 Å². The lowest BCUT2D eigenvalue weighted by Crippen LogP contribution is -2.04. The summed E-state index contributed by atoms with van der Waals surface area (Å²) in [6.45, 7) is 1.26. The number of halogens is 1. The van der Waals surface area contributed by atoms with Gasteiger partial charge in [0.1, 0.15) is 0 Å². The van der Waals surface area contributed by atoms with Gasteiger partial charge < -0.3 is 15.1 Å². The highest BCUT2D eigenvalue weighted by molar-refractivity contribution is 9.10. The normalized spacial score (nSPS) is 10.6. The largest absolute Gasteiger partial charge is 0.407 e. The highest BCUT2D eigenvalue weighted by Gasteiger charge is 2.06. The molecule has 0 aliphatic carbocycles. The summed E-state index contributed by atoms with van der Waals surface area (Å²) in [6.07, 6.45) is 0. The molecule has 0 unspecified atom stereocenters. The van der Waals surface area contributed by atoms with E-state index in [0.717, 1.165) is 4.47 Å². The first kappa shape index (κ1) is 11.6. The minimum Gasteiger partial charge on any atom is -0.407 e. The molecule has 0 aliphatic heterocycles. The van der Waals surface area contributed by atoms with Crippen LogP contribution in [-0.4, -0.2) is 17.2 Å². The van der Waals surface area contributed by atoms with E-state index < -0.39 is 0 Å². The van der Waals surface area contributed by atoms with Gasteiger partial charge in [-0.15, -0.1) is 16.4 Å². The molecular formula is C9H11BrN4OS. The molecule has 0 aromatic carbocycles. The Kier molecular flexibility index (Phi) is 3.92. The molecule has 2 N–H and O–H groups in total. The highest BCUT2D eigenvalue weighted by Crippen LogP contribution is 2.23. The van der Waals surface area contributed by atoms with Gasteiger partial charge in [0.15, 0.2) is 0 Å². The average molecular weight is 303 g/mol. The SMILES string of the molecule is CNCc1nnc(NCc2sccc2Br)o1. The third-order valence-electron chi connectivity index (χ3n) is 1.89. The molecule has 0 saturated heterocycles. The van der Waals surface area contributed by atoms with Gasteiger partial charge in [-0.05, 0) is 34.4 Å². The molecule has 2 aromatic heterocycles. The van der Waals surface area contributed by atoms with Crippen LogP contribution in [0, 0.1) is 0 Å². The van der Waals surface area contributed by atoms with Crippen LogP contribution in [0.5, 0.6) is 0 Å². The van der Waals surface area contributed by atoms with E-state index in [-0.39, 0.29) is 0 Å². The number of rotatable bonds is 5. The molecule has 0 saturated carbocycles. The molecule has 0 spiro atoms. The number of nitrogens with zero attached hydrogens (tertiary/aromatic N) is 2. The van der Waals surface area contributed by atoms with E-state index in [9.17, 15) is 0 Å². The Morgan fingerprint density at radius 3 is 3.00 bits per heavy atom. The molecule has 2 aromatic rings. The summed E-state index contributed by atoms with van der Waals surface area (Å²) in [7, 11) is 1.83. The Hall–Kier alpha value is -0.920. The number of nitrogens with one attached hydrogen (secondary N) is 2. The molecule has 0 radical (unpaired) electrons. The Balaban J connectivity index is 1.92. The first-order chi connectivity index (χ1) is 7.79. The summed E-state index contributed by atoms with van der Waals surface area (Å²) < 4.78 is 6.45. The summed E-state index contributed by atoms with van der Waals surface area (Å²) >= 11 is 5.14. The van der Waals surface area contributed by atoms with E-state index in [1.807, 2.05) is 18.5 Å². The number of hydrogen-bond acceptors (Lipinski definition) is 6. The molecule has 0 aliphatic rings. The van der Waals surface area contributed by atoms with Crippen LogP contribution in [-0.2, 0) is 13.1 Å². The van der Waals surface area contributed by atoms with Crippen LogP contribution in [0.4, 0.5) is 6.01 Å². The van der Waals surface area contributed by atoms with Crippen molar-refractivity contribution in [2.45, 2.75) is 13.1 Å². The van der Waals surface area contributed by atoms with Crippen molar-refractivity contribution in [3.63, 3.8) is 0 Å². The van der Waals surface area contributed by atoms with Crippen LogP contribution in [0.3, 0.4) is 0 Å². The second kappa shape index (κ2) is 5.42. The first-order valence-electron chi connectivity index (χ1n) is 4.72. The van der Waals surface area contributed by atoms with E-state index in [0.29, 0.717) is 25.0 Å². The van der Waals surface area contributed by atoms with Gasteiger partial charge >= 0.3 is 6.01 Å². The summed E-state index contributed by atoms with van der Waals surface area (Å²) in [5.41, 5.74) is 0. The maximum atomic E-state index is 5.36. The molecule has 0 atom stereocenters. The Morgan fingerprint density at radius 2 is 2.31 bits per heavy atom. The van der Waals surface area contributed by atoms with Gasteiger partial charge in [-0.1, -0.05) is 5.10 Å². The van der Waals surface area contributed by atoms with Crippen LogP contribution in [0.25, 0.3) is 0 Å². The molecular weight excluding hydrogens is 292 g/mol. The lowest BCUT2D eigenvalue weighted by atomic mass is 10.5. The van der Waals surface area contributed by atoms with Gasteiger partial charge in [0.25, 0.3) is 0 Å². The topological polar surface area (TPSA) is 63.0 Å². The lowest BCUT2D eigenvalue weighted by Gasteiger charge is -1.98. The zero-order chi connectivity index (χ0) is 11.4. The molecule has 16 heavy (non-hydrogen) atoms. The predicted octanol–water partition coefficient (Wildman–Crippen LogP) is 2.23. The zero-order valence-corrected chi connectivity index (χ0v) is 11.1. The summed E-state index contributed by atoms with van der Waals surface area (Å²) in [6, 6.07) is 2.47. The van der Waals surface area contributed by atoms with Crippen molar-refractivity contribution in [2.75, 3.05) is 12.4 Å². The number of thiophene rings is 1. The van der Waals surface area contributed by atoms with Crippen molar-refractivity contribution in [3.8, 4) is 0 Å². The molecule has 0 bridgehead atoms. The Labute approximate surface area is 105 Å². The number of aromatic nitrogens is 2. The zero-order valence-electron chi connectivity index (χ0n) is 8.66. The molecule has 2 rings (SSSR count). The third kappa shape index (κ3) is 2.81. The molecule has 0 fully saturated rings. The van der Waals surface area contributed by atoms with Gasteiger partial charge in [-0.25, -0.2) is 0 Å². The van der Waals surface area contributed by atoms with Crippen molar-refractivity contribution in [1.29, 1.82) is 0 Å². The van der Waals surface area contributed by atoms with Gasteiger partial charge in [0, 0.05) is 9.35 Å². The van der Waals surface area contributed by atoms with Crippen LogP contribution in [0.1, 0.15) is 10.8 Å². The lowest BCUT2D eigenvalue weighted by molar-refractivity contribution is 0.489. The summed E-state index contributed by atoms with van der Waals surface area (Å²) in [5.74, 6) is 0.579. The highest BCUT2D eigenvalue weighted by atomic mass is 79.9. The average Bonchev–Trinajstić information content (AvgIpc) is 2.86. The van der Waals surface area contributed by atoms with Crippen LogP contribution in [0.15, 0.2) is 20.3 Å². The quantitative estimate of drug-likeness (QED) is 0.887. The maximum absolute atomic E-state index is 5.36. The summed E-state index contributed by atoms with van der Waals surface area (Å²) in [4.78, 5) is 1.20. The van der Waals surface area contributed by atoms with Gasteiger partial charge in [-0.3, -0.25) is 0 Å². The van der Waals surface area contributed by atoms with Gasteiger partial charge in [0.2, 0.25) is 5.89 Å². The van der Waals surface area contributed by atoms with Crippen molar-refractivity contribution >= 4 is 33.3 Å². The third-order valence-corrected chi connectivity index (χ3v) is 3.81. The Bertz CT molecular complexity index is 456. The van der Waals surface area contributed by atoms with E-state index in [2.05, 4.69) is 36.8 Å². The van der Waals surface area contributed by atoms with Gasteiger partial charge in [-0.2, -0.15) is 0 Å². The fourth-order valence-corrected chi connectivity index (χ4v) is 2.59. The van der Waals surface area contributed by atoms with Crippen molar-refractivity contribution in [1.82, 2.24) is 15.5 Å². The molecule has 86 valence electrons. The van der Waals surface area contributed by atoms with Crippen molar-refractivity contribution < 1.29 is 4.42 Å². The van der Waals surface area contributed by atoms with E-state index in [1.165, 1.54) is 4.88 Å². The van der Waals surface area contributed by atoms with Crippen LogP contribution in [0.2, 0.25) is 0 Å². The van der Waals surface area contributed by atoms with Crippen molar-refractivity contribution in [3.05, 3.63) is 26.7 Å². The smallest absolute Gasteiger partial charge is 0.315 e. The maximum Gasteiger partial charge on any atom is 0.315 e. The van der Waals surface area contributed by atoms with E-state index >= 15 is 0 Å². The van der Waals surface area contributed by atoms with Crippen LogP contribution < -0.4 is 10.6 Å². The fourth-order valence-electron chi connectivity index (χ4n) is 1.15. The van der Waals surface area contributed by atoms with E-state index in [4.69, 9.17) is 4.42 Å². The Morgan fingerprint density at radius 1 is 1.44 bits per heavy atom. The molecule has 0 amide bonds. The standard InChI is InChI=1S/C9H11BrN4OS/c1-11-5-8-13-14-9(15-8)12-4-7-6(10)2-3-16-7/h2-3,11H,4-5H2,1H3,(H,12,14). The predicted molar refractivity (Wildman–Crippen MR) is 66.4 cm³/mol. The minimum atomic E-state index is 0.450. The molecule has 5 nitrogen and oxygen atoms in total. The second-order valence-electron chi connectivity index (χ2n) is 3.08. The first-order valence-corrected chi connectivity index (χ1v) is 6.39. The number of anilines is 1.